The normalized spacial score (nSPS) is 10.8. The fourth-order valence-corrected chi connectivity index (χ4v) is 3.19. The Labute approximate surface area is 180 Å². The number of hydrogen-bond acceptors (Lipinski definition) is 4. The Morgan fingerprint density at radius 1 is 1.07 bits per heavy atom. The van der Waals surface area contributed by atoms with Crippen molar-refractivity contribution >= 4 is 38.5 Å². The Morgan fingerprint density at radius 2 is 1.77 bits per heavy atom. The van der Waals surface area contributed by atoms with Gasteiger partial charge >= 0.3 is 0 Å². The van der Waals surface area contributed by atoms with Crippen LogP contribution in [0.5, 0.6) is 0 Å². The number of carbonyl (C=O) groups excluding carboxylic acids is 2. The number of halogens is 2. The third-order valence-electron chi connectivity index (χ3n) is 4.53. The van der Waals surface area contributed by atoms with E-state index in [1.54, 1.807) is 24.3 Å². The standard InChI is InChI=1S/C21H20BrFN4O3/c1-2-3-6-11-27-21(30)15-8-5-4-7-14(15)18(26-27)20(29)25-24-19(28)13-9-10-16(22)17(23)12-13/h4-5,7-10,12H,2-3,6,11H2,1H3,(H,24,28)(H,25,29). The first-order chi connectivity index (χ1) is 14.4. The minimum Gasteiger partial charge on any atom is -0.267 e. The van der Waals surface area contributed by atoms with Gasteiger partial charge in [0.05, 0.1) is 9.86 Å². The van der Waals surface area contributed by atoms with E-state index in [-0.39, 0.29) is 21.3 Å². The van der Waals surface area contributed by atoms with E-state index in [2.05, 4.69) is 38.8 Å². The van der Waals surface area contributed by atoms with Gasteiger partial charge in [-0.15, -0.1) is 0 Å². The second-order valence-electron chi connectivity index (χ2n) is 6.67. The van der Waals surface area contributed by atoms with Gasteiger partial charge in [0.15, 0.2) is 5.69 Å². The second-order valence-corrected chi connectivity index (χ2v) is 7.52. The van der Waals surface area contributed by atoms with Crippen LogP contribution in [0.1, 0.15) is 47.0 Å². The second kappa shape index (κ2) is 9.62. The van der Waals surface area contributed by atoms with Crippen molar-refractivity contribution in [2.75, 3.05) is 0 Å². The molecule has 0 atom stereocenters. The monoisotopic (exact) mass is 474 g/mol. The van der Waals surface area contributed by atoms with Gasteiger partial charge in [0.2, 0.25) is 0 Å². The van der Waals surface area contributed by atoms with Crippen molar-refractivity contribution < 1.29 is 14.0 Å². The molecule has 0 fully saturated rings. The summed E-state index contributed by atoms with van der Waals surface area (Å²) in [7, 11) is 0. The minimum atomic E-state index is -0.685. The number of aromatic nitrogens is 2. The Bertz CT molecular complexity index is 1160. The van der Waals surface area contributed by atoms with E-state index in [9.17, 15) is 18.8 Å². The van der Waals surface area contributed by atoms with Crippen LogP contribution in [-0.2, 0) is 6.54 Å². The summed E-state index contributed by atoms with van der Waals surface area (Å²) in [5, 5.41) is 4.98. The van der Waals surface area contributed by atoms with Crippen molar-refractivity contribution in [2.24, 2.45) is 0 Å². The maximum Gasteiger partial charge on any atom is 0.290 e. The summed E-state index contributed by atoms with van der Waals surface area (Å²) < 4.78 is 15.1. The first-order valence-electron chi connectivity index (χ1n) is 9.48. The Hall–Kier alpha value is -3.07. The van der Waals surface area contributed by atoms with E-state index >= 15 is 0 Å². The molecule has 2 amide bonds. The number of hydrazine groups is 1. The third-order valence-corrected chi connectivity index (χ3v) is 5.17. The van der Waals surface area contributed by atoms with Gasteiger partial charge in [0.1, 0.15) is 5.82 Å². The van der Waals surface area contributed by atoms with Crippen LogP contribution in [-0.4, -0.2) is 21.6 Å². The topological polar surface area (TPSA) is 93.1 Å². The van der Waals surface area contributed by atoms with Gasteiger partial charge in [0, 0.05) is 17.5 Å². The largest absolute Gasteiger partial charge is 0.290 e. The molecule has 0 saturated carbocycles. The van der Waals surface area contributed by atoms with Crippen molar-refractivity contribution in [3.8, 4) is 0 Å². The summed E-state index contributed by atoms with van der Waals surface area (Å²) in [5.74, 6) is -1.96. The van der Waals surface area contributed by atoms with Gasteiger partial charge < -0.3 is 0 Å². The SMILES string of the molecule is CCCCCn1nc(C(=O)NNC(=O)c2ccc(Br)c(F)c2)c2ccccc2c1=O. The lowest BCUT2D eigenvalue weighted by Gasteiger charge is -2.12. The van der Waals surface area contributed by atoms with Crippen molar-refractivity contribution in [1.82, 2.24) is 20.6 Å². The van der Waals surface area contributed by atoms with Crippen molar-refractivity contribution in [3.63, 3.8) is 0 Å². The van der Waals surface area contributed by atoms with E-state index in [4.69, 9.17) is 0 Å². The molecule has 0 unspecified atom stereocenters. The third kappa shape index (κ3) is 4.73. The summed E-state index contributed by atoms with van der Waals surface area (Å²) in [6.07, 6.45) is 2.68. The van der Waals surface area contributed by atoms with Crippen LogP contribution < -0.4 is 16.4 Å². The number of rotatable bonds is 6. The van der Waals surface area contributed by atoms with Gasteiger partial charge in [-0.1, -0.05) is 38.0 Å². The Morgan fingerprint density at radius 3 is 2.47 bits per heavy atom. The highest BCUT2D eigenvalue weighted by molar-refractivity contribution is 9.10. The van der Waals surface area contributed by atoms with Crippen LogP contribution in [0.4, 0.5) is 4.39 Å². The number of aryl methyl sites for hydroxylation is 1. The zero-order chi connectivity index (χ0) is 21.7. The quantitative estimate of drug-likeness (QED) is 0.421. The number of carbonyl (C=O) groups is 2. The molecule has 3 aromatic rings. The molecule has 156 valence electrons. The first-order valence-corrected chi connectivity index (χ1v) is 10.3. The summed E-state index contributed by atoms with van der Waals surface area (Å²) >= 11 is 3.02. The maximum atomic E-state index is 13.6. The molecule has 0 bridgehead atoms. The lowest BCUT2D eigenvalue weighted by molar-refractivity contribution is 0.0843. The number of fused-ring (bicyclic) bond motifs is 1. The van der Waals surface area contributed by atoms with Crippen molar-refractivity contribution in [1.29, 1.82) is 0 Å². The average molecular weight is 475 g/mol. The first kappa shape index (κ1) is 21.6. The molecule has 2 aromatic carbocycles. The van der Waals surface area contributed by atoms with Crippen LogP contribution in [0, 0.1) is 5.82 Å². The van der Waals surface area contributed by atoms with Crippen LogP contribution >= 0.6 is 15.9 Å². The maximum absolute atomic E-state index is 13.6. The number of nitrogens with one attached hydrogen (secondary N) is 2. The van der Waals surface area contributed by atoms with Crippen LogP contribution in [0.3, 0.4) is 0 Å². The highest BCUT2D eigenvalue weighted by Crippen LogP contribution is 2.16. The molecule has 2 N–H and O–H groups in total. The van der Waals surface area contributed by atoms with E-state index < -0.39 is 17.6 Å². The Balaban J connectivity index is 1.84. The van der Waals surface area contributed by atoms with Gasteiger partial charge in [-0.05, 0) is 46.6 Å². The van der Waals surface area contributed by atoms with E-state index in [0.29, 0.717) is 17.3 Å². The number of amides is 2. The van der Waals surface area contributed by atoms with Crippen molar-refractivity contribution in [3.05, 3.63) is 74.4 Å². The summed E-state index contributed by atoms with van der Waals surface area (Å²) in [6.45, 7) is 2.44. The number of hydrogen-bond donors (Lipinski definition) is 2. The lowest BCUT2D eigenvalue weighted by atomic mass is 10.1. The zero-order valence-corrected chi connectivity index (χ0v) is 17.8. The molecule has 1 heterocycles. The molecule has 3 rings (SSSR count). The number of unbranched alkanes of at least 4 members (excludes halogenated alkanes) is 2. The molecule has 0 aliphatic heterocycles. The van der Waals surface area contributed by atoms with E-state index in [0.717, 1.165) is 25.3 Å². The molecule has 0 radical (unpaired) electrons. The average Bonchev–Trinajstić information content (AvgIpc) is 2.75. The minimum absolute atomic E-state index is 0.0176. The van der Waals surface area contributed by atoms with E-state index in [1.165, 1.54) is 16.8 Å². The van der Waals surface area contributed by atoms with Crippen LogP contribution in [0.2, 0.25) is 0 Å². The number of benzene rings is 2. The van der Waals surface area contributed by atoms with Gasteiger partial charge in [-0.25, -0.2) is 9.07 Å². The lowest BCUT2D eigenvalue weighted by Crippen LogP contribution is -2.42. The molecule has 7 nitrogen and oxygen atoms in total. The van der Waals surface area contributed by atoms with Gasteiger partial charge in [-0.3, -0.25) is 25.2 Å². The number of nitrogens with zero attached hydrogens (tertiary/aromatic N) is 2. The smallest absolute Gasteiger partial charge is 0.267 e. The molecule has 30 heavy (non-hydrogen) atoms. The molecule has 0 spiro atoms. The molecule has 0 aliphatic rings. The molecule has 1 aromatic heterocycles. The fraction of sp³-hybridized carbons (Fsp3) is 0.238. The summed E-state index contributed by atoms with van der Waals surface area (Å²) in [4.78, 5) is 37.6. The van der Waals surface area contributed by atoms with Crippen LogP contribution in [0.25, 0.3) is 10.8 Å². The molecule has 9 heteroatoms. The molecule has 0 saturated heterocycles. The van der Waals surface area contributed by atoms with Gasteiger partial charge in [0.25, 0.3) is 17.4 Å². The zero-order valence-electron chi connectivity index (χ0n) is 16.2. The predicted molar refractivity (Wildman–Crippen MR) is 115 cm³/mol. The highest BCUT2D eigenvalue weighted by atomic mass is 79.9. The predicted octanol–water partition coefficient (Wildman–Crippen LogP) is 3.56. The molecular formula is C21H20BrFN4O3. The summed E-state index contributed by atoms with van der Waals surface area (Å²) in [6, 6.07) is 10.5. The van der Waals surface area contributed by atoms with Crippen LogP contribution in [0.15, 0.2) is 51.7 Å². The fourth-order valence-electron chi connectivity index (χ4n) is 2.95. The molecular weight excluding hydrogens is 455 g/mol. The Kier molecular flexibility index (Phi) is 6.94. The molecule has 0 aliphatic carbocycles. The van der Waals surface area contributed by atoms with Gasteiger partial charge in [-0.2, -0.15) is 5.10 Å². The highest BCUT2D eigenvalue weighted by Gasteiger charge is 2.18. The van der Waals surface area contributed by atoms with Crippen molar-refractivity contribution in [2.45, 2.75) is 32.7 Å². The summed E-state index contributed by atoms with van der Waals surface area (Å²) in [5.41, 5.74) is 4.32. The van der Waals surface area contributed by atoms with E-state index in [1.807, 2.05) is 0 Å².